The van der Waals surface area contributed by atoms with Crippen molar-refractivity contribution in [3.05, 3.63) is 0 Å². The summed E-state index contributed by atoms with van der Waals surface area (Å²) in [6.07, 6.45) is -13.7. The Kier molecular flexibility index (Phi) is 3.44. The molecule has 0 aromatic carbocycles. The van der Waals surface area contributed by atoms with Gasteiger partial charge in [-0.15, -0.1) is 0 Å². The predicted molar refractivity (Wildman–Crippen MR) is 29.2 cm³/mol. The Morgan fingerprint density at radius 3 is 1.00 bits per heavy atom. The minimum atomic E-state index is -7.32. The summed E-state index contributed by atoms with van der Waals surface area (Å²) in [5.74, 6) is -21.4. The highest BCUT2D eigenvalue weighted by atomic mass is 19.4. The maximum Gasteiger partial charge on any atom is 0.460 e. The first kappa shape index (κ1) is 16.2. The lowest BCUT2D eigenvalue weighted by Crippen LogP contribution is -2.68. The van der Waals surface area contributed by atoms with E-state index in [-0.39, 0.29) is 0 Å². The van der Waals surface area contributed by atoms with Gasteiger partial charge in [0.2, 0.25) is 0 Å². The van der Waals surface area contributed by atoms with Crippen LogP contribution in [0.25, 0.3) is 0 Å². The molecule has 104 valence electrons. The molecule has 0 rings (SSSR count). The van der Waals surface area contributed by atoms with Gasteiger partial charge in [-0.3, -0.25) is 0 Å². The normalized spacial score (nSPS) is 19.1. The molecule has 0 heterocycles. The fourth-order valence-corrected chi connectivity index (χ4v) is 0.575. The van der Waals surface area contributed by atoms with Crippen LogP contribution in [-0.2, 0) is 0 Å². The van der Waals surface area contributed by atoms with Crippen LogP contribution in [0.3, 0.4) is 0 Å². The largest absolute Gasteiger partial charge is 0.460 e. The van der Waals surface area contributed by atoms with Crippen LogP contribution in [0.1, 0.15) is 0 Å². The Balaban J connectivity index is 5.73. The number of hydrogen-bond donors (Lipinski definition) is 2. The summed E-state index contributed by atoms with van der Waals surface area (Å²) in [6, 6.07) is 0. The molecule has 0 radical (unpaired) electrons. The standard InChI is InChI=1S/C5H2F10O2/c6-1(7,2(8,9)4(11,12)13)3(10,16)5(14,15)17/h16-17H. The highest BCUT2D eigenvalue weighted by Crippen LogP contribution is 2.54. The van der Waals surface area contributed by atoms with Crippen molar-refractivity contribution >= 4 is 0 Å². The van der Waals surface area contributed by atoms with Crippen LogP contribution in [0.2, 0.25) is 0 Å². The quantitative estimate of drug-likeness (QED) is 0.779. The molecule has 0 saturated heterocycles. The van der Waals surface area contributed by atoms with Gasteiger partial charge in [-0.05, 0) is 0 Å². The van der Waals surface area contributed by atoms with Crippen LogP contribution in [0, 0.1) is 0 Å². The van der Waals surface area contributed by atoms with Gasteiger partial charge in [-0.2, -0.15) is 43.9 Å². The summed E-state index contributed by atoms with van der Waals surface area (Å²) in [4.78, 5) is 0. The minimum absolute atomic E-state index is 6.54. The second kappa shape index (κ2) is 3.60. The van der Waals surface area contributed by atoms with Gasteiger partial charge in [0.05, 0.1) is 0 Å². The molecule has 17 heavy (non-hydrogen) atoms. The molecule has 0 aliphatic heterocycles. The highest BCUT2D eigenvalue weighted by Gasteiger charge is 2.86. The second-order valence-corrected chi connectivity index (χ2v) is 2.81. The topological polar surface area (TPSA) is 40.5 Å². The second-order valence-electron chi connectivity index (χ2n) is 2.81. The molecule has 2 N–H and O–H groups in total. The molecule has 1 unspecified atom stereocenters. The number of aliphatic hydroxyl groups is 2. The van der Waals surface area contributed by atoms with Crippen LogP contribution in [0.15, 0.2) is 0 Å². The molecular formula is C5H2F10O2. The molecule has 0 fully saturated rings. The van der Waals surface area contributed by atoms with Crippen LogP contribution >= 0.6 is 0 Å². The van der Waals surface area contributed by atoms with Gasteiger partial charge in [0.15, 0.2) is 0 Å². The van der Waals surface area contributed by atoms with Crippen LogP contribution in [-0.4, -0.2) is 40.2 Å². The molecule has 0 aromatic heterocycles. The summed E-state index contributed by atoms with van der Waals surface area (Å²) < 4.78 is 118. The Hall–Kier alpha value is -0.780. The molecule has 0 bridgehead atoms. The van der Waals surface area contributed by atoms with E-state index < -0.39 is 30.0 Å². The first-order chi connectivity index (χ1) is 7.00. The van der Waals surface area contributed by atoms with E-state index in [0.29, 0.717) is 0 Å². The molecular weight excluding hydrogens is 282 g/mol. The van der Waals surface area contributed by atoms with E-state index in [1.54, 1.807) is 0 Å². The molecule has 0 aliphatic rings. The number of hydrogen-bond acceptors (Lipinski definition) is 2. The molecule has 0 saturated carbocycles. The zero-order chi connectivity index (χ0) is 14.5. The summed E-state index contributed by atoms with van der Waals surface area (Å²) >= 11 is 0. The molecule has 12 heteroatoms. The first-order valence-electron chi connectivity index (χ1n) is 3.34. The van der Waals surface area contributed by atoms with Crippen molar-refractivity contribution in [1.82, 2.24) is 0 Å². The monoisotopic (exact) mass is 284 g/mol. The summed E-state index contributed by atoms with van der Waals surface area (Å²) in [5.41, 5.74) is 0. The van der Waals surface area contributed by atoms with E-state index in [0.717, 1.165) is 0 Å². The van der Waals surface area contributed by atoms with Gasteiger partial charge in [-0.1, -0.05) is 0 Å². The summed E-state index contributed by atoms with van der Waals surface area (Å²) in [5, 5.41) is 15.1. The van der Waals surface area contributed by atoms with Gasteiger partial charge in [0, 0.05) is 0 Å². The van der Waals surface area contributed by atoms with Crippen molar-refractivity contribution < 1.29 is 54.1 Å². The average molecular weight is 284 g/mol. The predicted octanol–water partition coefficient (Wildman–Crippen LogP) is 2.06. The van der Waals surface area contributed by atoms with Crippen molar-refractivity contribution in [3.63, 3.8) is 0 Å². The van der Waals surface area contributed by atoms with Crippen molar-refractivity contribution in [3.8, 4) is 0 Å². The summed E-state index contributed by atoms with van der Waals surface area (Å²) in [6.45, 7) is 0. The number of halogens is 10. The number of alkyl halides is 10. The van der Waals surface area contributed by atoms with Crippen LogP contribution in [0.5, 0.6) is 0 Å². The van der Waals surface area contributed by atoms with E-state index in [1.807, 2.05) is 0 Å². The van der Waals surface area contributed by atoms with Crippen molar-refractivity contribution in [2.24, 2.45) is 0 Å². The van der Waals surface area contributed by atoms with Crippen LogP contribution in [0.4, 0.5) is 43.9 Å². The maximum absolute atomic E-state index is 12.2. The average Bonchev–Trinajstić information content (AvgIpc) is 1.98. The first-order valence-corrected chi connectivity index (χ1v) is 3.34. The van der Waals surface area contributed by atoms with Gasteiger partial charge >= 0.3 is 30.0 Å². The van der Waals surface area contributed by atoms with E-state index in [9.17, 15) is 43.9 Å². The summed E-state index contributed by atoms with van der Waals surface area (Å²) in [7, 11) is 0. The third-order valence-electron chi connectivity index (χ3n) is 1.57. The Bertz CT molecular complexity index is 258. The van der Waals surface area contributed by atoms with E-state index in [2.05, 4.69) is 0 Å². The molecule has 0 aliphatic carbocycles. The van der Waals surface area contributed by atoms with Crippen molar-refractivity contribution in [1.29, 1.82) is 0 Å². The van der Waals surface area contributed by atoms with Crippen molar-refractivity contribution in [2.45, 2.75) is 30.0 Å². The fourth-order valence-electron chi connectivity index (χ4n) is 0.575. The van der Waals surface area contributed by atoms with Gasteiger partial charge in [0.25, 0.3) is 0 Å². The molecule has 0 amide bonds. The third kappa shape index (κ3) is 2.14. The lowest BCUT2D eigenvalue weighted by molar-refractivity contribution is -0.468. The lowest BCUT2D eigenvalue weighted by atomic mass is 10.0. The minimum Gasteiger partial charge on any atom is -0.350 e. The van der Waals surface area contributed by atoms with E-state index in [4.69, 9.17) is 10.2 Å². The SMILES string of the molecule is OC(F)(F)C(O)(F)C(F)(F)C(F)(F)C(F)(F)F. The maximum atomic E-state index is 12.2. The Morgan fingerprint density at radius 2 is 0.824 bits per heavy atom. The zero-order valence-electron chi connectivity index (χ0n) is 7.17. The van der Waals surface area contributed by atoms with E-state index in [1.165, 1.54) is 0 Å². The third-order valence-corrected chi connectivity index (χ3v) is 1.57. The zero-order valence-corrected chi connectivity index (χ0v) is 7.17. The van der Waals surface area contributed by atoms with Gasteiger partial charge in [0.1, 0.15) is 0 Å². The molecule has 0 aromatic rings. The highest BCUT2D eigenvalue weighted by molar-refractivity contribution is 5.02. The lowest BCUT2D eigenvalue weighted by Gasteiger charge is -2.36. The number of rotatable bonds is 3. The smallest absolute Gasteiger partial charge is 0.350 e. The van der Waals surface area contributed by atoms with Crippen LogP contribution < -0.4 is 0 Å². The Labute approximate surface area is 85.4 Å². The van der Waals surface area contributed by atoms with E-state index >= 15 is 0 Å². The molecule has 0 spiro atoms. The van der Waals surface area contributed by atoms with Gasteiger partial charge < -0.3 is 10.2 Å². The van der Waals surface area contributed by atoms with Gasteiger partial charge in [-0.25, -0.2) is 0 Å². The Morgan fingerprint density at radius 1 is 0.529 bits per heavy atom. The molecule has 1 atom stereocenters. The fraction of sp³-hybridized carbons (Fsp3) is 1.00. The molecule has 2 nitrogen and oxygen atoms in total. The van der Waals surface area contributed by atoms with Crippen molar-refractivity contribution in [2.75, 3.05) is 0 Å².